The molecule has 0 saturated heterocycles. The second kappa shape index (κ2) is 3.45. The molecule has 2 saturated carbocycles. The molecule has 5 nitrogen and oxygen atoms in total. The Bertz CT molecular complexity index is 343. The molecule has 0 unspecified atom stereocenters. The van der Waals surface area contributed by atoms with Crippen LogP contribution in [0.2, 0.25) is 0 Å². The lowest BCUT2D eigenvalue weighted by Gasteiger charge is -2.38. The van der Waals surface area contributed by atoms with Gasteiger partial charge in [-0.1, -0.05) is 13.3 Å². The summed E-state index contributed by atoms with van der Waals surface area (Å²) < 4.78 is 0. The van der Waals surface area contributed by atoms with Gasteiger partial charge in [-0.15, -0.1) is 0 Å². The van der Waals surface area contributed by atoms with Gasteiger partial charge in [0.1, 0.15) is 5.54 Å². The Hall–Kier alpha value is -1.10. The number of aliphatic carboxylic acids is 2. The highest BCUT2D eigenvalue weighted by atomic mass is 16.4. The van der Waals surface area contributed by atoms with E-state index in [-0.39, 0.29) is 11.8 Å². The molecule has 0 aromatic carbocycles. The van der Waals surface area contributed by atoms with Crippen LogP contribution in [-0.4, -0.2) is 27.7 Å². The van der Waals surface area contributed by atoms with Crippen LogP contribution in [-0.2, 0) is 9.59 Å². The molecule has 2 aliphatic rings. The van der Waals surface area contributed by atoms with Crippen LogP contribution in [0.3, 0.4) is 0 Å². The van der Waals surface area contributed by atoms with Crippen LogP contribution in [0.5, 0.6) is 0 Å². The predicted octanol–water partition coefficient (Wildman–Crippen LogP) is 0.535. The molecule has 0 radical (unpaired) electrons. The molecular weight excluding hydrogens is 210 g/mol. The normalized spacial score (nSPS) is 45.9. The molecule has 0 amide bonds. The second-order valence-electron chi connectivity index (χ2n) is 5.05. The van der Waals surface area contributed by atoms with Gasteiger partial charge in [0, 0.05) is 0 Å². The fourth-order valence-electron chi connectivity index (χ4n) is 3.73. The summed E-state index contributed by atoms with van der Waals surface area (Å²) in [4.78, 5) is 22.5. The van der Waals surface area contributed by atoms with Crippen molar-refractivity contribution < 1.29 is 19.8 Å². The number of carbonyl (C=O) groups is 2. The molecule has 0 heterocycles. The molecule has 2 aliphatic carbocycles. The van der Waals surface area contributed by atoms with Crippen LogP contribution in [0.1, 0.15) is 26.2 Å². The smallest absolute Gasteiger partial charge is 0.324 e. The summed E-state index contributed by atoms with van der Waals surface area (Å²) in [5.74, 6) is -3.07. The first kappa shape index (κ1) is 11.4. The third-order valence-electron chi connectivity index (χ3n) is 4.53. The van der Waals surface area contributed by atoms with Crippen molar-refractivity contribution in [2.24, 2.45) is 29.4 Å². The van der Waals surface area contributed by atoms with E-state index in [1.54, 1.807) is 0 Å². The summed E-state index contributed by atoms with van der Waals surface area (Å²) in [6.07, 6.45) is 2.31. The molecule has 90 valence electrons. The molecule has 16 heavy (non-hydrogen) atoms. The van der Waals surface area contributed by atoms with E-state index in [0.717, 1.165) is 12.8 Å². The van der Waals surface area contributed by atoms with Crippen LogP contribution in [0.25, 0.3) is 0 Å². The highest BCUT2D eigenvalue weighted by Gasteiger charge is 2.65. The monoisotopic (exact) mass is 227 g/mol. The van der Waals surface area contributed by atoms with Gasteiger partial charge in [0.2, 0.25) is 0 Å². The van der Waals surface area contributed by atoms with Crippen molar-refractivity contribution in [2.75, 3.05) is 0 Å². The maximum absolute atomic E-state index is 11.2. The van der Waals surface area contributed by atoms with Crippen molar-refractivity contribution in [1.82, 2.24) is 0 Å². The maximum atomic E-state index is 11.2. The van der Waals surface area contributed by atoms with Gasteiger partial charge in [0.15, 0.2) is 0 Å². The minimum absolute atomic E-state index is 0.0615. The number of nitrogens with two attached hydrogens (primary N) is 1. The Kier molecular flexibility index (Phi) is 2.45. The Labute approximate surface area is 93.6 Å². The Morgan fingerprint density at radius 1 is 1.38 bits per heavy atom. The number of hydrogen-bond donors (Lipinski definition) is 3. The molecule has 0 aromatic heterocycles. The van der Waals surface area contributed by atoms with Crippen LogP contribution >= 0.6 is 0 Å². The summed E-state index contributed by atoms with van der Waals surface area (Å²) in [5.41, 5.74) is 4.32. The number of rotatable bonds is 3. The van der Waals surface area contributed by atoms with Gasteiger partial charge in [-0.2, -0.15) is 0 Å². The lowest BCUT2D eigenvalue weighted by molar-refractivity contribution is -0.159. The summed E-state index contributed by atoms with van der Waals surface area (Å²) in [5, 5.41) is 18.4. The molecule has 5 heteroatoms. The highest BCUT2D eigenvalue weighted by molar-refractivity contribution is 5.88. The van der Waals surface area contributed by atoms with Crippen molar-refractivity contribution in [2.45, 2.75) is 31.7 Å². The lowest BCUT2D eigenvalue weighted by atomic mass is 9.68. The van der Waals surface area contributed by atoms with Crippen LogP contribution in [0, 0.1) is 23.7 Å². The van der Waals surface area contributed by atoms with Gasteiger partial charge < -0.3 is 15.9 Å². The van der Waals surface area contributed by atoms with E-state index >= 15 is 0 Å². The van der Waals surface area contributed by atoms with E-state index < -0.39 is 23.4 Å². The van der Waals surface area contributed by atoms with Gasteiger partial charge in [0.25, 0.3) is 0 Å². The van der Waals surface area contributed by atoms with E-state index in [1.807, 2.05) is 6.92 Å². The number of fused-ring (bicyclic) bond motifs is 2. The first-order valence-corrected chi connectivity index (χ1v) is 5.68. The van der Waals surface area contributed by atoms with Crippen LogP contribution in [0.4, 0.5) is 0 Å². The first-order valence-electron chi connectivity index (χ1n) is 5.68. The summed E-state index contributed by atoms with van der Waals surface area (Å²) in [6, 6.07) is 0. The summed E-state index contributed by atoms with van der Waals surface area (Å²) >= 11 is 0. The number of carboxylic acid groups (broad SMARTS) is 2. The molecule has 0 aromatic rings. The number of hydrogen-bond acceptors (Lipinski definition) is 3. The summed E-state index contributed by atoms with van der Waals surface area (Å²) in [6.45, 7) is 2.02. The molecule has 2 fully saturated rings. The molecule has 2 bridgehead atoms. The maximum Gasteiger partial charge on any atom is 0.324 e. The summed E-state index contributed by atoms with van der Waals surface area (Å²) in [7, 11) is 0. The topological polar surface area (TPSA) is 101 Å². The SMILES string of the molecule is CC[C@H]1C[C@H]2C[C@@H]1[C@H](C(=O)O)[C@@]2(N)C(=O)O. The zero-order chi connectivity index (χ0) is 12.1. The zero-order valence-corrected chi connectivity index (χ0v) is 9.22. The first-order chi connectivity index (χ1) is 7.42. The average molecular weight is 227 g/mol. The van der Waals surface area contributed by atoms with E-state index in [4.69, 9.17) is 5.73 Å². The molecular formula is C11H17NO4. The standard InChI is InChI=1S/C11H17NO4/c1-2-5-3-6-4-7(5)8(9(13)14)11(6,12)10(15)16/h5-8H,2-4,12H2,1H3,(H,13,14)(H,15,16)/t5-,6-,7-,8+,11+/m0/s1. The molecule has 2 rings (SSSR count). The fraction of sp³-hybridized carbons (Fsp3) is 0.818. The third kappa shape index (κ3) is 1.21. The number of carboxylic acids is 2. The van der Waals surface area contributed by atoms with Gasteiger partial charge in [-0.25, -0.2) is 0 Å². The van der Waals surface area contributed by atoms with Gasteiger partial charge in [-0.05, 0) is 30.6 Å². The molecule has 4 N–H and O–H groups in total. The molecule has 0 aliphatic heterocycles. The van der Waals surface area contributed by atoms with Gasteiger partial charge in [0.05, 0.1) is 5.92 Å². The Morgan fingerprint density at radius 2 is 2.00 bits per heavy atom. The largest absolute Gasteiger partial charge is 0.481 e. The van der Waals surface area contributed by atoms with E-state index in [0.29, 0.717) is 12.3 Å². The average Bonchev–Trinajstić information content (AvgIpc) is 2.72. The van der Waals surface area contributed by atoms with Gasteiger partial charge in [-0.3, -0.25) is 9.59 Å². The zero-order valence-electron chi connectivity index (χ0n) is 9.22. The Balaban J connectivity index is 2.37. The third-order valence-corrected chi connectivity index (χ3v) is 4.53. The second-order valence-corrected chi connectivity index (χ2v) is 5.05. The van der Waals surface area contributed by atoms with E-state index in [9.17, 15) is 19.8 Å². The molecule has 0 spiro atoms. The van der Waals surface area contributed by atoms with Crippen molar-refractivity contribution >= 4 is 11.9 Å². The van der Waals surface area contributed by atoms with Crippen molar-refractivity contribution in [3.63, 3.8) is 0 Å². The molecule has 5 atom stereocenters. The van der Waals surface area contributed by atoms with Crippen molar-refractivity contribution in [3.05, 3.63) is 0 Å². The van der Waals surface area contributed by atoms with Crippen molar-refractivity contribution in [1.29, 1.82) is 0 Å². The minimum Gasteiger partial charge on any atom is -0.481 e. The highest BCUT2D eigenvalue weighted by Crippen LogP contribution is 2.57. The van der Waals surface area contributed by atoms with E-state index in [1.165, 1.54) is 0 Å². The van der Waals surface area contributed by atoms with E-state index in [2.05, 4.69) is 0 Å². The fourth-order valence-corrected chi connectivity index (χ4v) is 3.73. The van der Waals surface area contributed by atoms with Crippen molar-refractivity contribution in [3.8, 4) is 0 Å². The quantitative estimate of drug-likeness (QED) is 0.653. The predicted molar refractivity (Wildman–Crippen MR) is 55.7 cm³/mol. The van der Waals surface area contributed by atoms with Gasteiger partial charge >= 0.3 is 11.9 Å². The van der Waals surface area contributed by atoms with Crippen LogP contribution < -0.4 is 5.73 Å². The Morgan fingerprint density at radius 3 is 2.44 bits per heavy atom. The lowest BCUT2D eigenvalue weighted by Crippen LogP contribution is -2.61. The minimum atomic E-state index is -1.55. The van der Waals surface area contributed by atoms with Crippen LogP contribution in [0.15, 0.2) is 0 Å².